The predicted molar refractivity (Wildman–Crippen MR) is 113 cm³/mol. The number of rotatable bonds is 8. The van der Waals surface area contributed by atoms with Crippen LogP contribution < -0.4 is 15.1 Å². The summed E-state index contributed by atoms with van der Waals surface area (Å²) < 4.78 is 0. The van der Waals surface area contributed by atoms with Crippen LogP contribution in [-0.2, 0) is 9.59 Å². The number of halogens is 1. The number of anilines is 3. The van der Waals surface area contributed by atoms with Crippen molar-refractivity contribution in [2.75, 3.05) is 34.8 Å². The van der Waals surface area contributed by atoms with Gasteiger partial charge in [-0.05, 0) is 50.2 Å². The maximum atomic E-state index is 12.2. The fraction of sp³-hybridized carbons (Fsp3) is 0.333. The lowest BCUT2D eigenvalue weighted by atomic mass is 10.2. The number of carbonyl (C=O) groups excluding carboxylic acids is 2. The van der Waals surface area contributed by atoms with Crippen molar-refractivity contribution in [1.29, 1.82) is 0 Å². The van der Waals surface area contributed by atoms with E-state index < -0.39 is 0 Å². The van der Waals surface area contributed by atoms with E-state index in [-0.39, 0.29) is 18.2 Å². The molecule has 0 bridgehead atoms. The van der Waals surface area contributed by atoms with Gasteiger partial charge in [-0.2, -0.15) is 0 Å². The van der Waals surface area contributed by atoms with Crippen molar-refractivity contribution in [2.45, 2.75) is 27.2 Å². The van der Waals surface area contributed by atoms with Gasteiger partial charge >= 0.3 is 0 Å². The minimum atomic E-state index is -0.186. The number of nitrogens with one attached hydrogen (secondary N) is 1. The highest BCUT2D eigenvalue weighted by Gasteiger charge is 2.14. The van der Waals surface area contributed by atoms with Gasteiger partial charge in [-0.25, -0.2) is 0 Å². The predicted octanol–water partition coefficient (Wildman–Crippen LogP) is 4.57. The van der Waals surface area contributed by atoms with E-state index >= 15 is 0 Å². The zero-order valence-corrected chi connectivity index (χ0v) is 16.8. The Hall–Kier alpha value is -2.53. The average Bonchev–Trinajstić information content (AvgIpc) is 2.65. The number of carbonyl (C=O) groups is 2. The van der Waals surface area contributed by atoms with Crippen LogP contribution >= 0.6 is 11.6 Å². The molecule has 0 unspecified atom stereocenters. The molecule has 2 rings (SSSR count). The fourth-order valence-electron chi connectivity index (χ4n) is 2.89. The summed E-state index contributed by atoms with van der Waals surface area (Å²) in [5, 5.41) is 3.27. The highest BCUT2D eigenvalue weighted by atomic mass is 35.5. The van der Waals surface area contributed by atoms with E-state index in [0.29, 0.717) is 17.3 Å². The molecule has 1 N–H and O–H groups in total. The monoisotopic (exact) mass is 387 g/mol. The molecule has 0 aliphatic carbocycles. The van der Waals surface area contributed by atoms with E-state index in [1.807, 2.05) is 24.3 Å². The minimum absolute atomic E-state index is 0.101. The average molecular weight is 388 g/mol. The van der Waals surface area contributed by atoms with Crippen LogP contribution in [0, 0.1) is 0 Å². The molecular weight excluding hydrogens is 362 g/mol. The molecule has 6 heteroatoms. The van der Waals surface area contributed by atoms with Gasteiger partial charge in [-0.1, -0.05) is 23.7 Å². The first-order chi connectivity index (χ1) is 13.0. The topological polar surface area (TPSA) is 52.6 Å². The number of nitrogens with zero attached hydrogens (tertiary/aromatic N) is 2. The second-order valence-electron chi connectivity index (χ2n) is 6.14. The molecule has 2 aromatic rings. The van der Waals surface area contributed by atoms with Gasteiger partial charge in [-0.3, -0.25) is 9.59 Å². The van der Waals surface area contributed by atoms with Crippen molar-refractivity contribution >= 4 is 40.5 Å². The third kappa shape index (κ3) is 5.73. The molecule has 2 aromatic carbocycles. The van der Waals surface area contributed by atoms with E-state index in [4.69, 9.17) is 11.6 Å². The van der Waals surface area contributed by atoms with Crippen molar-refractivity contribution in [1.82, 2.24) is 0 Å². The number of para-hydroxylation sites is 1. The van der Waals surface area contributed by atoms with Gasteiger partial charge in [0.25, 0.3) is 0 Å². The Balaban J connectivity index is 2.02. The molecular formula is C21H26ClN3O2. The summed E-state index contributed by atoms with van der Waals surface area (Å²) in [5.41, 5.74) is 2.47. The van der Waals surface area contributed by atoms with Crippen molar-refractivity contribution < 1.29 is 9.59 Å². The summed E-state index contributed by atoms with van der Waals surface area (Å²) in [4.78, 5) is 28.1. The molecule has 0 atom stereocenters. The molecule has 0 spiro atoms. The lowest BCUT2D eigenvalue weighted by Crippen LogP contribution is -2.32. The standard InChI is InChI=1S/C21H26ClN3O2/c1-4-24(5-2)17-10-12-18(13-11-17)25(16(3)26)15-14-21(27)23-20-9-7-6-8-19(20)22/h6-13H,4-5,14-15H2,1-3H3,(H,23,27). The van der Waals surface area contributed by atoms with Crippen LogP contribution in [0.1, 0.15) is 27.2 Å². The smallest absolute Gasteiger partial charge is 0.226 e. The van der Waals surface area contributed by atoms with Crippen molar-refractivity contribution in [3.63, 3.8) is 0 Å². The molecule has 0 radical (unpaired) electrons. The van der Waals surface area contributed by atoms with Gasteiger partial charge in [0, 0.05) is 44.4 Å². The summed E-state index contributed by atoms with van der Waals surface area (Å²) in [6.45, 7) is 7.87. The normalized spacial score (nSPS) is 10.4. The molecule has 0 heterocycles. The van der Waals surface area contributed by atoms with Gasteiger partial charge in [-0.15, -0.1) is 0 Å². The highest BCUT2D eigenvalue weighted by Crippen LogP contribution is 2.22. The van der Waals surface area contributed by atoms with E-state index in [0.717, 1.165) is 24.5 Å². The molecule has 5 nitrogen and oxygen atoms in total. The Morgan fingerprint density at radius 1 is 0.963 bits per heavy atom. The van der Waals surface area contributed by atoms with Crippen molar-refractivity contribution in [3.05, 3.63) is 53.6 Å². The molecule has 2 amide bonds. The third-order valence-electron chi connectivity index (χ3n) is 4.38. The second-order valence-corrected chi connectivity index (χ2v) is 6.54. The Kier molecular flexibility index (Phi) is 7.67. The van der Waals surface area contributed by atoms with Crippen LogP contribution in [0.5, 0.6) is 0 Å². The first-order valence-electron chi connectivity index (χ1n) is 9.13. The van der Waals surface area contributed by atoms with E-state index in [1.54, 1.807) is 29.2 Å². The summed E-state index contributed by atoms with van der Waals surface area (Å²) in [6, 6.07) is 14.9. The molecule has 0 saturated carbocycles. The quantitative estimate of drug-likeness (QED) is 0.721. The van der Waals surface area contributed by atoms with Gasteiger partial charge in [0.2, 0.25) is 11.8 Å². The van der Waals surface area contributed by atoms with Crippen LogP contribution in [0.25, 0.3) is 0 Å². The number of amides is 2. The Labute approximate surface area is 165 Å². The summed E-state index contributed by atoms with van der Waals surface area (Å²) in [5.74, 6) is -0.287. The van der Waals surface area contributed by atoms with Gasteiger partial charge in [0.05, 0.1) is 10.7 Å². The van der Waals surface area contributed by atoms with Gasteiger partial charge < -0.3 is 15.1 Å². The van der Waals surface area contributed by atoms with E-state index in [1.165, 1.54) is 6.92 Å². The minimum Gasteiger partial charge on any atom is -0.372 e. The number of hydrogen-bond donors (Lipinski definition) is 1. The van der Waals surface area contributed by atoms with Crippen LogP contribution in [0.4, 0.5) is 17.1 Å². The first kappa shape index (κ1) is 20.8. The highest BCUT2D eigenvalue weighted by molar-refractivity contribution is 6.33. The third-order valence-corrected chi connectivity index (χ3v) is 4.71. The number of benzene rings is 2. The SMILES string of the molecule is CCN(CC)c1ccc(N(CCC(=O)Nc2ccccc2Cl)C(C)=O)cc1. The summed E-state index contributed by atoms with van der Waals surface area (Å²) in [7, 11) is 0. The van der Waals surface area contributed by atoms with Gasteiger partial charge in [0.1, 0.15) is 0 Å². The molecule has 0 aliphatic rings. The largest absolute Gasteiger partial charge is 0.372 e. The van der Waals surface area contributed by atoms with Crippen molar-refractivity contribution in [3.8, 4) is 0 Å². The maximum absolute atomic E-state index is 12.2. The zero-order valence-electron chi connectivity index (χ0n) is 16.0. The molecule has 0 aliphatic heterocycles. The fourth-order valence-corrected chi connectivity index (χ4v) is 3.07. The van der Waals surface area contributed by atoms with E-state index in [2.05, 4.69) is 24.1 Å². The van der Waals surface area contributed by atoms with Crippen LogP contribution in [0.15, 0.2) is 48.5 Å². The summed E-state index contributed by atoms with van der Waals surface area (Å²) >= 11 is 6.06. The lowest BCUT2D eigenvalue weighted by Gasteiger charge is -2.24. The Morgan fingerprint density at radius 3 is 2.11 bits per heavy atom. The van der Waals surface area contributed by atoms with Crippen LogP contribution in [0.2, 0.25) is 5.02 Å². The molecule has 0 saturated heterocycles. The van der Waals surface area contributed by atoms with Crippen LogP contribution in [-0.4, -0.2) is 31.4 Å². The van der Waals surface area contributed by atoms with Crippen molar-refractivity contribution in [2.24, 2.45) is 0 Å². The second kappa shape index (κ2) is 9.97. The molecule has 144 valence electrons. The maximum Gasteiger partial charge on any atom is 0.226 e. The Bertz CT molecular complexity index is 773. The number of hydrogen-bond acceptors (Lipinski definition) is 3. The van der Waals surface area contributed by atoms with Gasteiger partial charge in [0.15, 0.2) is 0 Å². The molecule has 0 fully saturated rings. The zero-order chi connectivity index (χ0) is 19.8. The molecule has 27 heavy (non-hydrogen) atoms. The molecule has 0 aromatic heterocycles. The van der Waals surface area contributed by atoms with Crippen LogP contribution in [0.3, 0.4) is 0 Å². The van der Waals surface area contributed by atoms with E-state index in [9.17, 15) is 9.59 Å². The Morgan fingerprint density at radius 2 is 1.56 bits per heavy atom. The first-order valence-corrected chi connectivity index (χ1v) is 9.51. The summed E-state index contributed by atoms with van der Waals surface area (Å²) in [6.07, 6.45) is 0.183. The lowest BCUT2D eigenvalue weighted by molar-refractivity contribution is -0.117.